The van der Waals surface area contributed by atoms with Crippen molar-refractivity contribution < 1.29 is 14.3 Å². The lowest BCUT2D eigenvalue weighted by molar-refractivity contribution is -0.132. The van der Waals surface area contributed by atoms with E-state index in [1.165, 1.54) is 5.56 Å². The lowest BCUT2D eigenvalue weighted by Gasteiger charge is -2.33. The number of methoxy groups -OCH3 is 2. The summed E-state index contributed by atoms with van der Waals surface area (Å²) in [6, 6.07) is 20.1. The zero-order valence-electron chi connectivity index (χ0n) is 21.3. The molecule has 0 radical (unpaired) electrons. The van der Waals surface area contributed by atoms with Crippen LogP contribution in [0.2, 0.25) is 5.02 Å². The second-order valence-electron chi connectivity index (χ2n) is 9.68. The van der Waals surface area contributed by atoms with Crippen molar-refractivity contribution in [3.63, 3.8) is 0 Å². The second kappa shape index (κ2) is 11.3. The number of nitrogens with zero attached hydrogens (tertiary/aromatic N) is 3. The average molecular weight is 518 g/mol. The van der Waals surface area contributed by atoms with E-state index < -0.39 is 0 Å². The number of pyridine rings is 1. The molecule has 192 valence electrons. The standard InChI is InChI=1S/C30H32ClN3O3/c1-36-25-15-23(16-26(17-25)37-2)27(28-19-32-29-9-8-24(31)20-34(28)29)18-30(35)33-12-10-22(11-13-33)14-21-6-4-3-5-7-21/h3-9,15-17,19-20,22,27H,10-14,18H2,1-2H3. The number of rotatable bonds is 8. The molecule has 2 aromatic heterocycles. The van der Waals surface area contributed by atoms with E-state index in [1.54, 1.807) is 14.2 Å². The molecule has 1 unspecified atom stereocenters. The SMILES string of the molecule is COc1cc(OC)cc(C(CC(=O)N2CCC(Cc3ccccc3)CC2)c2cnc3ccc(Cl)cn23)c1. The van der Waals surface area contributed by atoms with Gasteiger partial charge in [0.1, 0.15) is 17.1 Å². The van der Waals surface area contributed by atoms with Crippen LogP contribution < -0.4 is 9.47 Å². The summed E-state index contributed by atoms with van der Waals surface area (Å²) < 4.78 is 13.0. The number of imidazole rings is 1. The van der Waals surface area contributed by atoms with Gasteiger partial charge in [-0.05, 0) is 60.6 Å². The Hall–Kier alpha value is -3.51. The number of piperidine rings is 1. The maximum Gasteiger partial charge on any atom is 0.223 e. The molecule has 5 rings (SSSR count). The fourth-order valence-corrected chi connectivity index (χ4v) is 5.45. The summed E-state index contributed by atoms with van der Waals surface area (Å²) in [6.45, 7) is 1.56. The molecule has 6 nitrogen and oxygen atoms in total. The number of amides is 1. The van der Waals surface area contributed by atoms with E-state index in [4.69, 9.17) is 21.1 Å². The molecule has 0 bridgehead atoms. The molecule has 4 aromatic rings. The van der Waals surface area contributed by atoms with Crippen molar-refractivity contribution in [2.24, 2.45) is 5.92 Å². The Morgan fingerprint density at radius 3 is 2.41 bits per heavy atom. The van der Waals surface area contributed by atoms with Gasteiger partial charge in [-0.2, -0.15) is 0 Å². The van der Waals surface area contributed by atoms with E-state index in [0.717, 1.165) is 49.3 Å². The summed E-state index contributed by atoms with van der Waals surface area (Å²) in [5.41, 5.74) is 3.99. The minimum atomic E-state index is -0.244. The van der Waals surface area contributed by atoms with Crippen LogP contribution in [0.4, 0.5) is 0 Å². The van der Waals surface area contributed by atoms with Gasteiger partial charge in [0, 0.05) is 43.9 Å². The van der Waals surface area contributed by atoms with Crippen LogP contribution in [-0.4, -0.2) is 47.5 Å². The monoisotopic (exact) mass is 517 g/mol. The second-order valence-corrected chi connectivity index (χ2v) is 10.1. The van der Waals surface area contributed by atoms with Gasteiger partial charge in [0.25, 0.3) is 0 Å². The fourth-order valence-electron chi connectivity index (χ4n) is 5.29. The lowest BCUT2D eigenvalue weighted by Crippen LogP contribution is -2.39. The van der Waals surface area contributed by atoms with Crippen LogP contribution in [0.25, 0.3) is 5.65 Å². The Balaban J connectivity index is 1.39. The first kappa shape index (κ1) is 25.2. The predicted molar refractivity (Wildman–Crippen MR) is 146 cm³/mol. The molecule has 1 saturated heterocycles. The van der Waals surface area contributed by atoms with Gasteiger partial charge in [-0.25, -0.2) is 4.98 Å². The number of hydrogen-bond acceptors (Lipinski definition) is 4. The first-order valence-corrected chi connectivity index (χ1v) is 13.1. The zero-order valence-corrected chi connectivity index (χ0v) is 22.0. The summed E-state index contributed by atoms with van der Waals surface area (Å²) in [5, 5.41) is 0.612. The molecule has 0 saturated carbocycles. The molecular weight excluding hydrogens is 486 g/mol. The maximum absolute atomic E-state index is 13.7. The Morgan fingerprint density at radius 1 is 1.03 bits per heavy atom. The summed E-state index contributed by atoms with van der Waals surface area (Å²) in [7, 11) is 3.26. The van der Waals surface area contributed by atoms with Gasteiger partial charge in [-0.3, -0.25) is 4.79 Å². The van der Waals surface area contributed by atoms with E-state index in [1.807, 2.05) is 52.0 Å². The van der Waals surface area contributed by atoms with Gasteiger partial charge in [-0.1, -0.05) is 41.9 Å². The van der Waals surface area contributed by atoms with Crippen molar-refractivity contribution in [2.45, 2.75) is 31.6 Å². The van der Waals surface area contributed by atoms with Gasteiger partial charge in [0.2, 0.25) is 5.91 Å². The Kier molecular flexibility index (Phi) is 7.65. The molecule has 0 aliphatic carbocycles. The number of ether oxygens (including phenoxy) is 2. The van der Waals surface area contributed by atoms with Gasteiger partial charge >= 0.3 is 0 Å². The fraction of sp³-hybridized carbons (Fsp3) is 0.333. The van der Waals surface area contributed by atoms with Crippen molar-refractivity contribution in [3.05, 3.63) is 94.9 Å². The van der Waals surface area contributed by atoms with Crippen molar-refractivity contribution in [1.29, 1.82) is 0 Å². The predicted octanol–water partition coefficient (Wildman–Crippen LogP) is 6.01. The van der Waals surface area contributed by atoms with Gasteiger partial charge in [-0.15, -0.1) is 0 Å². The molecule has 0 spiro atoms. The number of carbonyl (C=O) groups is 1. The highest BCUT2D eigenvalue weighted by molar-refractivity contribution is 6.30. The number of carbonyl (C=O) groups excluding carboxylic acids is 1. The minimum Gasteiger partial charge on any atom is -0.497 e. The summed E-state index contributed by atoms with van der Waals surface area (Å²) in [5.74, 6) is 1.86. The lowest BCUT2D eigenvalue weighted by atomic mass is 9.88. The van der Waals surface area contributed by atoms with Crippen LogP contribution in [0.1, 0.15) is 42.0 Å². The van der Waals surface area contributed by atoms with Crippen molar-refractivity contribution >= 4 is 23.2 Å². The normalized spacial score (nSPS) is 15.1. The summed E-state index contributed by atoms with van der Waals surface area (Å²) in [6.07, 6.45) is 7.11. The molecule has 1 amide bonds. The molecule has 7 heteroatoms. The number of hydrogen-bond donors (Lipinski definition) is 0. The van der Waals surface area contributed by atoms with Gasteiger partial charge in [0.05, 0.1) is 24.9 Å². The molecule has 0 N–H and O–H groups in total. The number of aromatic nitrogens is 2. The molecule has 1 fully saturated rings. The van der Waals surface area contributed by atoms with E-state index in [2.05, 4.69) is 35.3 Å². The van der Waals surface area contributed by atoms with Crippen LogP contribution in [0.15, 0.2) is 73.1 Å². The minimum absolute atomic E-state index is 0.141. The third-order valence-corrected chi connectivity index (χ3v) is 7.57. The zero-order chi connectivity index (χ0) is 25.8. The smallest absolute Gasteiger partial charge is 0.223 e. The van der Waals surface area contributed by atoms with Crippen LogP contribution >= 0.6 is 11.6 Å². The first-order valence-electron chi connectivity index (χ1n) is 12.7. The third-order valence-electron chi connectivity index (χ3n) is 7.34. The molecule has 37 heavy (non-hydrogen) atoms. The molecule has 1 aliphatic heterocycles. The van der Waals surface area contributed by atoms with Crippen molar-refractivity contribution in [1.82, 2.24) is 14.3 Å². The number of likely N-dealkylation sites (tertiary alicyclic amines) is 1. The summed E-state index contributed by atoms with van der Waals surface area (Å²) >= 11 is 6.33. The van der Waals surface area contributed by atoms with Crippen molar-refractivity contribution in [2.75, 3.05) is 27.3 Å². The molecule has 1 aliphatic rings. The van der Waals surface area contributed by atoms with E-state index in [-0.39, 0.29) is 11.8 Å². The largest absolute Gasteiger partial charge is 0.497 e. The number of halogens is 1. The van der Waals surface area contributed by atoms with E-state index in [9.17, 15) is 4.79 Å². The van der Waals surface area contributed by atoms with E-state index >= 15 is 0 Å². The topological polar surface area (TPSA) is 56.1 Å². The third kappa shape index (κ3) is 5.75. The average Bonchev–Trinajstić information content (AvgIpc) is 3.35. The van der Waals surface area contributed by atoms with Crippen LogP contribution in [0.3, 0.4) is 0 Å². The Bertz CT molecular complexity index is 1340. The van der Waals surface area contributed by atoms with Gasteiger partial charge < -0.3 is 18.8 Å². The first-order chi connectivity index (χ1) is 18.0. The molecule has 2 aromatic carbocycles. The number of benzene rings is 2. The molecule has 3 heterocycles. The quantitative estimate of drug-likeness (QED) is 0.287. The van der Waals surface area contributed by atoms with Gasteiger partial charge in [0.15, 0.2) is 0 Å². The van der Waals surface area contributed by atoms with Crippen LogP contribution in [0.5, 0.6) is 11.5 Å². The molecular formula is C30H32ClN3O3. The van der Waals surface area contributed by atoms with Crippen molar-refractivity contribution in [3.8, 4) is 11.5 Å². The van der Waals surface area contributed by atoms with Crippen LogP contribution in [-0.2, 0) is 11.2 Å². The van der Waals surface area contributed by atoms with E-state index in [0.29, 0.717) is 28.9 Å². The Morgan fingerprint density at radius 2 is 1.73 bits per heavy atom. The maximum atomic E-state index is 13.7. The summed E-state index contributed by atoms with van der Waals surface area (Å²) in [4.78, 5) is 20.3. The van der Waals surface area contributed by atoms with Crippen LogP contribution in [0, 0.1) is 5.92 Å². The highest BCUT2D eigenvalue weighted by Crippen LogP contribution is 2.35. The molecule has 1 atom stereocenters. The number of fused-ring (bicyclic) bond motifs is 1. The Labute approximate surface area is 222 Å². The highest BCUT2D eigenvalue weighted by atomic mass is 35.5. The highest BCUT2D eigenvalue weighted by Gasteiger charge is 2.28.